The van der Waals surface area contributed by atoms with Crippen molar-refractivity contribution in [1.82, 2.24) is 0 Å². The summed E-state index contributed by atoms with van der Waals surface area (Å²) in [5.41, 5.74) is 0.128. The van der Waals surface area contributed by atoms with Gasteiger partial charge in [-0.3, -0.25) is 4.79 Å². The van der Waals surface area contributed by atoms with Gasteiger partial charge in [0.15, 0.2) is 12.2 Å². The Bertz CT molecular complexity index is 990. The number of hydrogen-bond donors (Lipinski definition) is 7. The smallest absolute Gasteiger partial charge is 0.229 e. The molecular weight excluding hydrogens is 428 g/mol. The number of carbonyl (C=O) groups is 1. The predicted octanol–water partition coefficient (Wildman–Crippen LogP) is -1.05. The van der Waals surface area contributed by atoms with Crippen molar-refractivity contribution in [2.75, 3.05) is 6.61 Å². The second-order valence-corrected chi connectivity index (χ2v) is 7.57. The van der Waals surface area contributed by atoms with Gasteiger partial charge in [-0.15, -0.1) is 0 Å². The molecule has 0 aliphatic carbocycles. The number of ether oxygens (including phenoxy) is 3. The minimum Gasteiger partial charge on any atom is -0.508 e. The monoisotopic (exact) mass is 450 g/mol. The van der Waals surface area contributed by atoms with Gasteiger partial charge >= 0.3 is 0 Å². The van der Waals surface area contributed by atoms with E-state index in [4.69, 9.17) is 14.2 Å². The zero-order chi connectivity index (χ0) is 23.2. The number of phenolic OH excluding ortho intramolecular Hbond substituents is 2. The predicted molar refractivity (Wildman–Crippen MR) is 104 cm³/mol. The maximum atomic E-state index is 12.7. The van der Waals surface area contributed by atoms with Crippen LogP contribution in [-0.4, -0.2) is 84.9 Å². The fourth-order valence-corrected chi connectivity index (χ4v) is 3.68. The number of benzene rings is 2. The highest BCUT2D eigenvalue weighted by molar-refractivity contribution is 6.05. The molecule has 0 amide bonds. The second-order valence-electron chi connectivity index (χ2n) is 7.57. The molecule has 0 bridgehead atoms. The van der Waals surface area contributed by atoms with Crippen LogP contribution in [0, 0.1) is 0 Å². The Kier molecular flexibility index (Phi) is 5.95. The number of aromatic hydroxyl groups is 2. The van der Waals surface area contributed by atoms with E-state index in [1.54, 1.807) is 0 Å². The topological polar surface area (TPSA) is 186 Å². The van der Waals surface area contributed by atoms with Crippen LogP contribution in [0.4, 0.5) is 0 Å². The summed E-state index contributed by atoms with van der Waals surface area (Å²) < 4.78 is 16.5. The van der Waals surface area contributed by atoms with E-state index < -0.39 is 61.1 Å². The fourth-order valence-electron chi connectivity index (χ4n) is 3.68. The van der Waals surface area contributed by atoms with E-state index in [2.05, 4.69) is 0 Å². The summed E-state index contributed by atoms with van der Waals surface area (Å²) in [6.07, 6.45) is -10.4. The van der Waals surface area contributed by atoms with Gasteiger partial charge in [0.25, 0.3) is 0 Å². The van der Waals surface area contributed by atoms with Crippen LogP contribution in [0.15, 0.2) is 36.4 Å². The summed E-state index contributed by atoms with van der Waals surface area (Å²) in [6, 6.07) is 7.93. The van der Waals surface area contributed by atoms with Crippen molar-refractivity contribution in [2.45, 2.75) is 42.9 Å². The highest BCUT2D eigenvalue weighted by Gasteiger charge is 2.45. The van der Waals surface area contributed by atoms with E-state index in [1.165, 1.54) is 30.3 Å². The number of carbonyl (C=O) groups excluding carboxylic acids is 1. The summed E-state index contributed by atoms with van der Waals surface area (Å²) in [5.74, 6) is -1.59. The molecule has 7 N–H and O–H groups in total. The second kappa shape index (κ2) is 8.54. The highest BCUT2D eigenvalue weighted by atomic mass is 16.7. The Morgan fingerprint density at radius 1 is 0.938 bits per heavy atom. The minimum absolute atomic E-state index is 0.0152. The van der Waals surface area contributed by atoms with Gasteiger partial charge in [-0.05, 0) is 17.7 Å². The van der Waals surface area contributed by atoms with Gasteiger partial charge in [-0.25, -0.2) is 0 Å². The molecule has 4 rings (SSSR count). The Balaban J connectivity index is 1.63. The van der Waals surface area contributed by atoms with Crippen molar-refractivity contribution in [3.63, 3.8) is 0 Å². The van der Waals surface area contributed by atoms with Gasteiger partial charge in [0, 0.05) is 12.1 Å². The first-order valence-electron chi connectivity index (χ1n) is 9.73. The van der Waals surface area contributed by atoms with Crippen LogP contribution < -0.4 is 9.47 Å². The number of rotatable bonds is 4. The Morgan fingerprint density at radius 3 is 2.28 bits per heavy atom. The number of ketones is 1. The fraction of sp³-hybridized carbons (Fsp3) is 0.381. The molecule has 0 saturated carbocycles. The Hall–Kier alpha value is -2.93. The Morgan fingerprint density at radius 2 is 1.62 bits per heavy atom. The molecule has 32 heavy (non-hydrogen) atoms. The SMILES string of the molecule is O=C1c2c(O)cc(O[C@@H]3O[C@@H](CO)[C@@H](O)[C@@H](O)[C@H]3O)cc2O[C@H](c2ccc(O)cc2)[C@H]1O. The van der Waals surface area contributed by atoms with Gasteiger partial charge in [-0.2, -0.15) is 0 Å². The molecule has 2 heterocycles. The highest BCUT2D eigenvalue weighted by Crippen LogP contribution is 2.42. The number of aliphatic hydroxyl groups is 5. The largest absolute Gasteiger partial charge is 0.508 e. The van der Waals surface area contributed by atoms with E-state index >= 15 is 0 Å². The van der Waals surface area contributed by atoms with Gasteiger partial charge < -0.3 is 50.0 Å². The summed E-state index contributed by atoms with van der Waals surface area (Å²) in [6.45, 7) is -0.649. The van der Waals surface area contributed by atoms with Crippen LogP contribution in [0.25, 0.3) is 0 Å². The van der Waals surface area contributed by atoms with Crippen LogP contribution >= 0.6 is 0 Å². The van der Waals surface area contributed by atoms with Crippen LogP contribution in [-0.2, 0) is 4.74 Å². The summed E-state index contributed by atoms with van der Waals surface area (Å²) >= 11 is 0. The van der Waals surface area contributed by atoms with E-state index in [-0.39, 0.29) is 22.8 Å². The maximum Gasteiger partial charge on any atom is 0.229 e. The maximum absolute atomic E-state index is 12.7. The summed E-state index contributed by atoms with van der Waals surface area (Å²) in [4.78, 5) is 12.7. The third-order valence-corrected chi connectivity index (χ3v) is 5.43. The number of Topliss-reactive ketones (excluding diaryl/α,β-unsaturated/α-hetero) is 1. The van der Waals surface area contributed by atoms with E-state index in [9.17, 15) is 40.5 Å². The van der Waals surface area contributed by atoms with E-state index in [1.807, 2.05) is 0 Å². The first-order chi connectivity index (χ1) is 15.2. The molecule has 2 aromatic carbocycles. The summed E-state index contributed by atoms with van der Waals surface area (Å²) in [5, 5.41) is 69.4. The van der Waals surface area contributed by atoms with Crippen molar-refractivity contribution >= 4 is 5.78 Å². The van der Waals surface area contributed by atoms with Crippen LogP contribution in [0.3, 0.4) is 0 Å². The lowest BCUT2D eigenvalue weighted by atomic mass is 9.93. The minimum atomic E-state index is -1.68. The third kappa shape index (κ3) is 3.86. The van der Waals surface area contributed by atoms with Crippen molar-refractivity contribution in [2.24, 2.45) is 0 Å². The molecule has 1 saturated heterocycles. The van der Waals surface area contributed by atoms with Crippen molar-refractivity contribution in [1.29, 1.82) is 0 Å². The Labute approximate surface area is 181 Å². The molecule has 172 valence electrons. The lowest BCUT2D eigenvalue weighted by Gasteiger charge is -2.39. The van der Waals surface area contributed by atoms with Crippen molar-refractivity contribution < 1.29 is 54.8 Å². The first-order valence-corrected chi connectivity index (χ1v) is 9.73. The van der Waals surface area contributed by atoms with Crippen LogP contribution in [0.2, 0.25) is 0 Å². The number of fused-ring (bicyclic) bond motifs is 1. The third-order valence-electron chi connectivity index (χ3n) is 5.43. The molecule has 2 aromatic rings. The summed E-state index contributed by atoms with van der Waals surface area (Å²) in [7, 11) is 0. The van der Waals surface area contributed by atoms with Gasteiger partial charge in [0.1, 0.15) is 53.0 Å². The molecule has 0 aromatic heterocycles. The molecular formula is C21H22O11. The van der Waals surface area contributed by atoms with Crippen molar-refractivity contribution in [3.8, 4) is 23.0 Å². The van der Waals surface area contributed by atoms with Crippen molar-refractivity contribution in [3.05, 3.63) is 47.5 Å². The molecule has 2 aliphatic rings. The normalized spacial score (nSPS) is 32.2. The average Bonchev–Trinajstić information content (AvgIpc) is 2.77. The molecule has 11 nitrogen and oxygen atoms in total. The number of phenols is 2. The molecule has 7 atom stereocenters. The van der Waals surface area contributed by atoms with Gasteiger partial charge in [0.2, 0.25) is 12.1 Å². The van der Waals surface area contributed by atoms with E-state index in [0.717, 1.165) is 6.07 Å². The molecule has 0 radical (unpaired) electrons. The van der Waals surface area contributed by atoms with E-state index in [0.29, 0.717) is 5.56 Å². The molecule has 1 fully saturated rings. The number of hydrogen-bond acceptors (Lipinski definition) is 11. The standard InChI is InChI=1S/C21H22O11/c22-7-13-15(25)17(27)19(29)21(32-13)30-10-5-11(24)14-12(6-10)31-20(18(28)16(14)26)8-1-3-9(23)4-2-8/h1-6,13,15,17-25,27-29H,7H2/t13-,15+,17+,18-,19+,20+,21+/m0/s1. The average molecular weight is 450 g/mol. The molecule has 11 heteroatoms. The molecule has 0 unspecified atom stereocenters. The number of aliphatic hydroxyl groups excluding tert-OH is 5. The molecule has 0 spiro atoms. The lowest BCUT2D eigenvalue weighted by molar-refractivity contribution is -0.277. The van der Waals surface area contributed by atoms with Gasteiger partial charge in [0.05, 0.1) is 6.61 Å². The molecule has 2 aliphatic heterocycles. The first kappa shape index (κ1) is 22.3. The quantitative estimate of drug-likeness (QED) is 0.301. The van der Waals surface area contributed by atoms with Crippen LogP contribution in [0.5, 0.6) is 23.0 Å². The van der Waals surface area contributed by atoms with Gasteiger partial charge in [-0.1, -0.05) is 12.1 Å². The zero-order valence-corrected chi connectivity index (χ0v) is 16.5. The zero-order valence-electron chi connectivity index (χ0n) is 16.5. The lowest BCUT2D eigenvalue weighted by Crippen LogP contribution is -2.60. The van der Waals surface area contributed by atoms with Crippen LogP contribution in [0.1, 0.15) is 22.0 Å².